The molecule has 0 fully saturated rings. The zero-order chi connectivity index (χ0) is 12.6. The summed E-state index contributed by atoms with van der Waals surface area (Å²) in [5.74, 6) is -1.18. The largest absolute Gasteiger partial charge is 0.476 e. The van der Waals surface area contributed by atoms with Crippen molar-refractivity contribution in [2.75, 3.05) is 6.67 Å². The van der Waals surface area contributed by atoms with Crippen molar-refractivity contribution in [3.63, 3.8) is 0 Å². The molecule has 0 unspecified atom stereocenters. The second-order valence-electron chi connectivity index (χ2n) is 3.59. The Morgan fingerprint density at radius 2 is 2.35 bits per heavy atom. The van der Waals surface area contributed by atoms with Crippen LogP contribution < -0.4 is 5.56 Å². The summed E-state index contributed by atoms with van der Waals surface area (Å²) in [5.41, 5.74) is 0.437. The number of nitrogens with one attached hydrogen (secondary N) is 1. The van der Waals surface area contributed by atoms with Crippen LogP contribution in [-0.4, -0.2) is 32.3 Å². The number of aromatic amines is 1. The number of H-pyrrole nitrogens is 1. The van der Waals surface area contributed by atoms with Crippen molar-refractivity contribution in [1.29, 1.82) is 0 Å². The quantitative estimate of drug-likeness (QED) is 0.818. The molecule has 2 aromatic heterocycles. The molecule has 2 rings (SSSR count). The van der Waals surface area contributed by atoms with E-state index in [0.717, 1.165) is 0 Å². The molecule has 0 aliphatic heterocycles. The molecular formula is C10H10FN3O3. The van der Waals surface area contributed by atoms with Gasteiger partial charge in [-0.25, -0.2) is 9.31 Å². The van der Waals surface area contributed by atoms with Crippen LogP contribution in [0.5, 0.6) is 0 Å². The number of carbonyl (C=O) groups is 1. The van der Waals surface area contributed by atoms with Gasteiger partial charge in [0.05, 0.1) is 12.4 Å². The molecule has 0 saturated carbocycles. The minimum Gasteiger partial charge on any atom is -0.476 e. The number of hydrogen-bond acceptors (Lipinski definition) is 3. The zero-order valence-electron chi connectivity index (χ0n) is 9.03. The molecule has 0 saturated heterocycles. The number of carboxylic acid groups (broad SMARTS) is 1. The molecule has 0 spiro atoms. The van der Waals surface area contributed by atoms with Crippen molar-refractivity contribution in [2.24, 2.45) is 0 Å². The number of hydrogen-bond donors (Lipinski definition) is 2. The predicted molar refractivity (Wildman–Crippen MR) is 57.2 cm³/mol. The van der Waals surface area contributed by atoms with Gasteiger partial charge in [0.15, 0.2) is 5.69 Å². The van der Waals surface area contributed by atoms with E-state index >= 15 is 0 Å². The first-order valence-electron chi connectivity index (χ1n) is 4.95. The van der Waals surface area contributed by atoms with Crippen molar-refractivity contribution >= 4 is 11.6 Å². The number of aromatic nitrogens is 3. The molecule has 0 amide bonds. The maximum atomic E-state index is 12.3. The lowest BCUT2D eigenvalue weighted by molar-refractivity contribution is 0.0690. The molecular weight excluding hydrogens is 229 g/mol. The molecule has 0 aliphatic carbocycles. The lowest BCUT2D eigenvalue weighted by atomic mass is 10.2. The number of rotatable bonds is 3. The third-order valence-electron chi connectivity index (χ3n) is 2.54. The number of halogens is 1. The van der Waals surface area contributed by atoms with Gasteiger partial charge in [0.2, 0.25) is 0 Å². The van der Waals surface area contributed by atoms with Gasteiger partial charge in [-0.15, -0.1) is 0 Å². The van der Waals surface area contributed by atoms with Crippen LogP contribution in [0.25, 0.3) is 5.65 Å². The monoisotopic (exact) mass is 239 g/mol. The van der Waals surface area contributed by atoms with Crippen LogP contribution in [0.2, 0.25) is 0 Å². The first-order valence-corrected chi connectivity index (χ1v) is 4.95. The van der Waals surface area contributed by atoms with Crippen LogP contribution in [0, 0.1) is 6.92 Å². The highest BCUT2D eigenvalue weighted by Gasteiger charge is 2.14. The van der Waals surface area contributed by atoms with Crippen LogP contribution in [0.15, 0.2) is 10.9 Å². The maximum absolute atomic E-state index is 12.3. The van der Waals surface area contributed by atoms with Crippen molar-refractivity contribution in [3.8, 4) is 0 Å². The lowest BCUT2D eigenvalue weighted by Gasteiger charge is -2.04. The Hall–Kier alpha value is -2.18. The molecule has 17 heavy (non-hydrogen) atoms. The molecule has 2 N–H and O–H groups in total. The Morgan fingerprint density at radius 3 is 2.94 bits per heavy atom. The van der Waals surface area contributed by atoms with E-state index < -0.39 is 18.2 Å². The van der Waals surface area contributed by atoms with Crippen molar-refractivity contribution in [3.05, 3.63) is 33.4 Å². The van der Waals surface area contributed by atoms with Gasteiger partial charge in [-0.05, 0) is 6.92 Å². The van der Waals surface area contributed by atoms with Crippen LogP contribution in [0.4, 0.5) is 4.39 Å². The smallest absolute Gasteiger partial charge is 0.356 e. The van der Waals surface area contributed by atoms with Crippen molar-refractivity contribution in [1.82, 2.24) is 14.6 Å². The predicted octanol–water partition coefficient (Wildman–Crippen LogP) is 0.541. The fourth-order valence-corrected chi connectivity index (χ4v) is 1.70. The third-order valence-corrected chi connectivity index (χ3v) is 2.54. The van der Waals surface area contributed by atoms with E-state index in [1.807, 2.05) is 0 Å². The van der Waals surface area contributed by atoms with E-state index in [2.05, 4.69) is 10.1 Å². The van der Waals surface area contributed by atoms with Gasteiger partial charge in [-0.3, -0.25) is 9.18 Å². The molecule has 90 valence electrons. The number of alkyl halides is 1. The second-order valence-corrected chi connectivity index (χ2v) is 3.59. The second kappa shape index (κ2) is 4.00. The zero-order valence-corrected chi connectivity index (χ0v) is 9.03. The number of aryl methyl sites for hydroxylation is 1. The van der Waals surface area contributed by atoms with Gasteiger partial charge >= 0.3 is 5.97 Å². The molecule has 2 aromatic rings. The highest BCUT2D eigenvalue weighted by Crippen LogP contribution is 2.08. The summed E-state index contributed by atoms with van der Waals surface area (Å²) in [6.45, 7) is 0.953. The highest BCUT2D eigenvalue weighted by atomic mass is 19.1. The number of fused-ring (bicyclic) bond motifs is 1. The normalized spacial score (nSPS) is 10.9. The fourth-order valence-electron chi connectivity index (χ4n) is 1.70. The summed E-state index contributed by atoms with van der Waals surface area (Å²) >= 11 is 0. The number of nitrogens with zero attached hydrogens (tertiary/aromatic N) is 2. The number of carboxylic acids is 1. The van der Waals surface area contributed by atoms with E-state index in [0.29, 0.717) is 5.69 Å². The van der Waals surface area contributed by atoms with E-state index in [1.54, 1.807) is 6.92 Å². The molecule has 0 atom stereocenters. The van der Waals surface area contributed by atoms with Gasteiger partial charge in [0.1, 0.15) is 5.65 Å². The molecule has 2 heterocycles. The van der Waals surface area contributed by atoms with Gasteiger partial charge in [0, 0.05) is 18.1 Å². The van der Waals surface area contributed by atoms with E-state index in [-0.39, 0.29) is 23.3 Å². The van der Waals surface area contributed by atoms with Crippen LogP contribution in [0.1, 0.15) is 21.7 Å². The Balaban J connectivity index is 2.73. The summed E-state index contributed by atoms with van der Waals surface area (Å²) in [5, 5.41) is 12.6. The molecule has 0 radical (unpaired) electrons. The molecule has 0 aromatic carbocycles. The van der Waals surface area contributed by atoms with Gasteiger partial charge < -0.3 is 10.1 Å². The Labute approximate surface area is 94.7 Å². The molecule has 7 heteroatoms. The van der Waals surface area contributed by atoms with Crippen molar-refractivity contribution in [2.45, 2.75) is 13.3 Å². The molecule has 0 bridgehead atoms. The first-order chi connectivity index (χ1) is 8.04. The first kappa shape index (κ1) is 11.3. The third kappa shape index (κ3) is 1.79. The summed E-state index contributed by atoms with van der Waals surface area (Å²) < 4.78 is 13.6. The van der Waals surface area contributed by atoms with Crippen LogP contribution in [0.3, 0.4) is 0 Å². The number of aromatic carboxylic acids is 1. The lowest BCUT2D eigenvalue weighted by Crippen LogP contribution is -2.18. The summed E-state index contributed by atoms with van der Waals surface area (Å²) in [6, 6.07) is 1.26. The Bertz CT molecular complexity index is 644. The fraction of sp³-hybridized carbons (Fsp3) is 0.300. The van der Waals surface area contributed by atoms with E-state index in [4.69, 9.17) is 5.11 Å². The standard InChI is InChI=1S/C10H10FN3O3/c1-5-6(2-3-11)9(15)12-8-4-7(10(16)17)13-14(5)8/h4H,2-3H2,1H3,(H,12,15)(H,16,17). The SMILES string of the molecule is Cc1c(CCF)c(=O)[nH]c2cc(C(=O)O)nn12. The summed E-state index contributed by atoms with van der Waals surface area (Å²) in [4.78, 5) is 24.8. The summed E-state index contributed by atoms with van der Waals surface area (Å²) in [7, 11) is 0. The van der Waals surface area contributed by atoms with Gasteiger partial charge in [0.25, 0.3) is 5.56 Å². The average Bonchev–Trinajstić information content (AvgIpc) is 2.68. The van der Waals surface area contributed by atoms with Crippen molar-refractivity contribution < 1.29 is 14.3 Å². The minimum atomic E-state index is -1.18. The summed E-state index contributed by atoms with van der Waals surface area (Å²) in [6.07, 6.45) is -0.0145. The average molecular weight is 239 g/mol. The van der Waals surface area contributed by atoms with Gasteiger partial charge in [-0.1, -0.05) is 0 Å². The molecule has 6 nitrogen and oxygen atoms in total. The topological polar surface area (TPSA) is 87.5 Å². The molecule has 0 aliphatic rings. The Kier molecular flexibility index (Phi) is 2.66. The van der Waals surface area contributed by atoms with Gasteiger partial charge in [-0.2, -0.15) is 5.10 Å². The minimum absolute atomic E-state index is 0.0145. The maximum Gasteiger partial charge on any atom is 0.356 e. The van der Waals surface area contributed by atoms with Crippen LogP contribution in [-0.2, 0) is 6.42 Å². The van der Waals surface area contributed by atoms with E-state index in [9.17, 15) is 14.0 Å². The Morgan fingerprint density at radius 1 is 1.65 bits per heavy atom. The van der Waals surface area contributed by atoms with E-state index in [1.165, 1.54) is 10.6 Å². The van der Waals surface area contributed by atoms with Crippen LogP contribution >= 0.6 is 0 Å². The highest BCUT2D eigenvalue weighted by molar-refractivity contribution is 5.86.